The molecule has 2 aliphatic rings. The Kier molecular flexibility index (Phi) is 6.92. The van der Waals surface area contributed by atoms with Crippen molar-refractivity contribution in [2.75, 3.05) is 32.7 Å². The Balaban J connectivity index is 1.26. The summed E-state index contributed by atoms with van der Waals surface area (Å²) in [5.41, 5.74) is 4.24. The van der Waals surface area contributed by atoms with Gasteiger partial charge in [-0.05, 0) is 60.5 Å². The van der Waals surface area contributed by atoms with Crippen LogP contribution in [-0.2, 0) is 6.54 Å². The Morgan fingerprint density at radius 1 is 0.719 bits per heavy atom. The molecule has 0 aliphatic carbocycles. The average molecular weight is 445 g/mol. The number of benzene rings is 3. The quantitative estimate of drug-likeness (QED) is 0.432. The van der Waals surface area contributed by atoms with Gasteiger partial charge in [-0.1, -0.05) is 90.5 Å². The molecule has 0 N–H and O–H groups in total. The molecular formula is C29H33ClN2. The molecule has 0 radical (unpaired) electrons. The second-order valence-electron chi connectivity index (χ2n) is 9.55. The van der Waals surface area contributed by atoms with Crippen molar-refractivity contribution in [1.82, 2.24) is 9.80 Å². The maximum Gasteiger partial charge on any atom is 0.0441 e. The van der Waals surface area contributed by atoms with E-state index in [1.807, 2.05) is 6.07 Å². The summed E-state index contributed by atoms with van der Waals surface area (Å²) in [5, 5.41) is 0.923. The molecular weight excluding hydrogens is 412 g/mol. The van der Waals surface area contributed by atoms with Crippen molar-refractivity contribution in [2.24, 2.45) is 5.92 Å². The second kappa shape index (κ2) is 10.2. The van der Waals surface area contributed by atoms with Crippen molar-refractivity contribution in [3.8, 4) is 0 Å². The molecule has 0 amide bonds. The number of hydrogen-bond acceptors (Lipinski definition) is 2. The largest absolute Gasteiger partial charge is 0.303 e. The van der Waals surface area contributed by atoms with Crippen molar-refractivity contribution in [1.29, 1.82) is 0 Å². The molecule has 0 spiro atoms. The molecule has 0 bridgehead atoms. The van der Waals surface area contributed by atoms with Crippen LogP contribution in [0.4, 0.5) is 0 Å². The highest BCUT2D eigenvalue weighted by Gasteiger charge is 2.36. The Labute approximate surface area is 197 Å². The summed E-state index contributed by atoms with van der Waals surface area (Å²) in [5.74, 6) is 1.83. The standard InChI is InChI=1S/C29H33ClN2/c30-29-14-8-7-13-27(29)28-22-32(19-23-9-3-1-4-10-23)21-26(28)20-31-17-15-25(16-18-31)24-11-5-2-6-12-24/h1-14,25-26,28H,15-22H2. The highest BCUT2D eigenvalue weighted by Crippen LogP contribution is 2.38. The molecule has 2 fully saturated rings. The lowest BCUT2D eigenvalue weighted by molar-refractivity contribution is 0.177. The van der Waals surface area contributed by atoms with E-state index in [-0.39, 0.29) is 0 Å². The topological polar surface area (TPSA) is 6.48 Å². The van der Waals surface area contributed by atoms with Crippen LogP contribution in [0.3, 0.4) is 0 Å². The summed E-state index contributed by atoms with van der Waals surface area (Å²) in [4.78, 5) is 5.34. The van der Waals surface area contributed by atoms with Crippen molar-refractivity contribution in [2.45, 2.75) is 31.2 Å². The Bertz CT molecular complexity index is 982. The molecule has 0 saturated carbocycles. The van der Waals surface area contributed by atoms with E-state index in [2.05, 4.69) is 88.7 Å². The van der Waals surface area contributed by atoms with E-state index in [0.29, 0.717) is 17.8 Å². The fourth-order valence-corrected chi connectivity index (χ4v) is 6.03. The van der Waals surface area contributed by atoms with E-state index < -0.39 is 0 Å². The van der Waals surface area contributed by atoms with Crippen LogP contribution in [0.2, 0.25) is 5.02 Å². The first kappa shape index (κ1) is 21.7. The first-order valence-corrected chi connectivity index (χ1v) is 12.4. The number of rotatable bonds is 6. The molecule has 0 aromatic heterocycles. The predicted octanol–water partition coefficient (Wildman–Crippen LogP) is 6.44. The SMILES string of the molecule is Clc1ccccc1C1CN(Cc2ccccc2)CC1CN1CCC(c2ccccc2)CC1. The number of hydrogen-bond donors (Lipinski definition) is 0. The second-order valence-corrected chi connectivity index (χ2v) is 9.96. The number of nitrogens with zero attached hydrogens (tertiary/aromatic N) is 2. The fourth-order valence-electron chi connectivity index (χ4n) is 5.75. The third-order valence-electron chi connectivity index (χ3n) is 7.42. The first-order valence-electron chi connectivity index (χ1n) is 12.0. The first-order chi connectivity index (χ1) is 15.8. The van der Waals surface area contributed by atoms with Crippen LogP contribution in [0.15, 0.2) is 84.9 Å². The molecule has 2 saturated heterocycles. The van der Waals surface area contributed by atoms with E-state index in [0.717, 1.165) is 24.7 Å². The molecule has 5 rings (SSSR count). The van der Waals surface area contributed by atoms with E-state index >= 15 is 0 Å². The minimum absolute atomic E-state index is 0.499. The Morgan fingerprint density at radius 2 is 1.38 bits per heavy atom. The number of likely N-dealkylation sites (tertiary alicyclic amines) is 2. The normalized spacial score (nSPS) is 22.9. The zero-order valence-electron chi connectivity index (χ0n) is 18.7. The minimum Gasteiger partial charge on any atom is -0.303 e. The van der Waals surface area contributed by atoms with Gasteiger partial charge in [-0.15, -0.1) is 0 Å². The zero-order valence-corrected chi connectivity index (χ0v) is 19.5. The van der Waals surface area contributed by atoms with Gasteiger partial charge in [0.15, 0.2) is 0 Å². The average Bonchev–Trinajstić information content (AvgIpc) is 3.22. The van der Waals surface area contributed by atoms with Gasteiger partial charge in [-0.25, -0.2) is 0 Å². The molecule has 2 heterocycles. The lowest BCUT2D eigenvalue weighted by atomic mass is 9.86. The smallest absolute Gasteiger partial charge is 0.0441 e. The zero-order chi connectivity index (χ0) is 21.8. The van der Waals surface area contributed by atoms with Gasteiger partial charge < -0.3 is 4.90 Å². The fraction of sp³-hybridized carbons (Fsp3) is 0.379. The van der Waals surface area contributed by atoms with Crippen LogP contribution in [-0.4, -0.2) is 42.5 Å². The van der Waals surface area contributed by atoms with Crippen LogP contribution in [0.1, 0.15) is 41.4 Å². The molecule has 2 unspecified atom stereocenters. The maximum absolute atomic E-state index is 6.68. The molecule has 2 aliphatic heterocycles. The van der Waals surface area contributed by atoms with Crippen molar-refractivity contribution in [3.63, 3.8) is 0 Å². The van der Waals surface area contributed by atoms with Gasteiger partial charge in [-0.2, -0.15) is 0 Å². The monoisotopic (exact) mass is 444 g/mol. The van der Waals surface area contributed by atoms with Crippen LogP contribution in [0, 0.1) is 5.92 Å². The van der Waals surface area contributed by atoms with Crippen LogP contribution >= 0.6 is 11.6 Å². The van der Waals surface area contributed by atoms with Crippen LogP contribution in [0.5, 0.6) is 0 Å². The summed E-state index contributed by atoms with van der Waals surface area (Å²) < 4.78 is 0. The van der Waals surface area contributed by atoms with Crippen LogP contribution < -0.4 is 0 Å². The Hall–Kier alpha value is -2.13. The molecule has 32 heavy (non-hydrogen) atoms. The summed E-state index contributed by atoms with van der Waals surface area (Å²) >= 11 is 6.68. The van der Waals surface area contributed by atoms with Crippen LogP contribution in [0.25, 0.3) is 0 Å². The van der Waals surface area contributed by atoms with E-state index in [1.54, 1.807) is 0 Å². The van der Waals surface area contributed by atoms with Gasteiger partial charge in [0.05, 0.1) is 0 Å². The molecule has 3 aromatic rings. The van der Waals surface area contributed by atoms with Crippen molar-refractivity contribution in [3.05, 3.63) is 107 Å². The molecule has 3 heteroatoms. The van der Waals surface area contributed by atoms with Gasteiger partial charge in [0, 0.05) is 37.1 Å². The minimum atomic E-state index is 0.499. The van der Waals surface area contributed by atoms with Gasteiger partial charge in [-0.3, -0.25) is 4.90 Å². The summed E-state index contributed by atoms with van der Waals surface area (Å²) in [6.45, 7) is 6.82. The highest BCUT2D eigenvalue weighted by molar-refractivity contribution is 6.31. The lowest BCUT2D eigenvalue weighted by Gasteiger charge is -2.35. The highest BCUT2D eigenvalue weighted by atomic mass is 35.5. The number of halogens is 1. The van der Waals surface area contributed by atoms with Gasteiger partial charge in [0.25, 0.3) is 0 Å². The molecule has 3 aromatic carbocycles. The van der Waals surface area contributed by atoms with Gasteiger partial charge in [0.1, 0.15) is 0 Å². The summed E-state index contributed by atoms with van der Waals surface area (Å²) in [6, 6.07) is 30.4. The predicted molar refractivity (Wildman–Crippen MR) is 134 cm³/mol. The third kappa shape index (κ3) is 5.09. The van der Waals surface area contributed by atoms with E-state index in [4.69, 9.17) is 11.6 Å². The van der Waals surface area contributed by atoms with Crippen molar-refractivity contribution >= 4 is 11.6 Å². The van der Waals surface area contributed by atoms with E-state index in [1.165, 1.54) is 49.2 Å². The molecule has 166 valence electrons. The summed E-state index contributed by atoms with van der Waals surface area (Å²) in [6.07, 6.45) is 2.53. The number of piperidine rings is 1. The van der Waals surface area contributed by atoms with Crippen molar-refractivity contribution < 1.29 is 0 Å². The molecule has 2 nitrogen and oxygen atoms in total. The van der Waals surface area contributed by atoms with Gasteiger partial charge in [0.2, 0.25) is 0 Å². The lowest BCUT2D eigenvalue weighted by Crippen LogP contribution is -2.38. The summed E-state index contributed by atoms with van der Waals surface area (Å²) in [7, 11) is 0. The van der Waals surface area contributed by atoms with Gasteiger partial charge >= 0.3 is 0 Å². The van der Waals surface area contributed by atoms with E-state index in [9.17, 15) is 0 Å². The molecule has 2 atom stereocenters. The Morgan fingerprint density at radius 3 is 2.09 bits per heavy atom. The third-order valence-corrected chi connectivity index (χ3v) is 7.77. The maximum atomic E-state index is 6.68.